The molecule has 2 aromatic rings. The van der Waals surface area contributed by atoms with Crippen LogP contribution in [0.1, 0.15) is 13.3 Å². The van der Waals surface area contributed by atoms with Gasteiger partial charge in [0.1, 0.15) is 5.75 Å². The monoisotopic (exact) mass is 407 g/mol. The van der Waals surface area contributed by atoms with Gasteiger partial charge >= 0.3 is 51.4 Å². The average Bonchev–Trinajstić information content (AvgIpc) is 3.45. The van der Waals surface area contributed by atoms with Gasteiger partial charge in [-0.2, -0.15) is 8.42 Å². The van der Waals surface area contributed by atoms with Crippen LogP contribution in [0.15, 0.2) is 42.5 Å². The van der Waals surface area contributed by atoms with E-state index in [1.54, 1.807) is 0 Å². The zero-order valence-electron chi connectivity index (χ0n) is 15.3. The Kier molecular flexibility index (Phi) is 11.5. The Hall–Kier alpha value is -0.0336. The first-order valence-electron chi connectivity index (χ1n) is 8.20. The fourth-order valence-electron chi connectivity index (χ4n) is 1.78. The largest absolute Gasteiger partial charge is 1.00 e. The fraction of sp³-hybridized carbons (Fsp3) is 0.444. The minimum atomic E-state index is -3.89. The van der Waals surface area contributed by atoms with E-state index in [-0.39, 0.29) is 70.2 Å². The van der Waals surface area contributed by atoms with Crippen LogP contribution in [0.25, 0.3) is 10.8 Å². The summed E-state index contributed by atoms with van der Waals surface area (Å²) in [5, 5.41) is 2.20. The molecule has 0 spiro atoms. The first kappa shape index (κ1) is 24.0. The van der Waals surface area contributed by atoms with Gasteiger partial charge in [0, 0.05) is 0 Å². The Labute approximate surface area is 197 Å². The van der Waals surface area contributed by atoms with Crippen LogP contribution in [0.5, 0.6) is 5.75 Å². The third-order valence-electron chi connectivity index (χ3n) is 3.24. The van der Waals surface area contributed by atoms with Crippen molar-refractivity contribution >= 4 is 20.9 Å². The SMILES string of the molecule is C1CO1.CC1CO1.O=S(=O)(O)CCCOc1ccc2ccccc2c1.[K+]. The van der Waals surface area contributed by atoms with Crippen LogP contribution in [0.3, 0.4) is 0 Å². The van der Waals surface area contributed by atoms with Crippen molar-refractivity contribution in [2.75, 3.05) is 32.2 Å². The Morgan fingerprint density at radius 2 is 1.73 bits per heavy atom. The Bertz CT molecular complexity index is 756. The second kappa shape index (κ2) is 12.4. The quantitative estimate of drug-likeness (QED) is 0.323. The second-order valence-electron chi connectivity index (χ2n) is 5.75. The predicted octanol–water partition coefficient (Wildman–Crippen LogP) is -0.0778. The molecule has 2 aromatic carbocycles. The molecule has 4 rings (SSSR count). The predicted molar refractivity (Wildman–Crippen MR) is 96.7 cm³/mol. The van der Waals surface area contributed by atoms with Crippen LogP contribution in [0.2, 0.25) is 0 Å². The summed E-state index contributed by atoms with van der Waals surface area (Å²) in [5.74, 6) is 0.421. The molecule has 1 N–H and O–H groups in total. The molecular formula is C18H24KO6S+. The van der Waals surface area contributed by atoms with Crippen LogP contribution >= 0.6 is 0 Å². The van der Waals surface area contributed by atoms with Crippen molar-refractivity contribution in [2.45, 2.75) is 19.4 Å². The van der Waals surface area contributed by atoms with E-state index in [2.05, 4.69) is 11.7 Å². The van der Waals surface area contributed by atoms with Gasteiger partial charge in [0.15, 0.2) is 0 Å². The zero-order valence-corrected chi connectivity index (χ0v) is 19.2. The maximum absolute atomic E-state index is 10.5. The van der Waals surface area contributed by atoms with Crippen LogP contribution in [-0.2, 0) is 19.6 Å². The molecule has 2 aliphatic heterocycles. The molecule has 2 heterocycles. The first-order valence-corrected chi connectivity index (χ1v) is 9.81. The number of ether oxygens (including phenoxy) is 3. The van der Waals surface area contributed by atoms with Crippen molar-refractivity contribution < 1.29 is 78.6 Å². The summed E-state index contributed by atoms with van der Waals surface area (Å²) in [4.78, 5) is 0. The van der Waals surface area contributed by atoms with Crippen molar-refractivity contribution in [2.24, 2.45) is 0 Å². The summed E-state index contributed by atoms with van der Waals surface area (Å²) >= 11 is 0. The van der Waals surface area contributed by atoms with E-state index >= 15 is 0 Å². The molecule has 2 saturated heterocycles. The molecule has 0 aliphatic carbocycles. The van der Waals surface area contributed by atoms with Crippen LogP contribution in [0, 0.1) is 0 Å². The minimum Gasteiger partial charge on any atom is -0.494 e. The summed E-state index contributed by atoms with van der Waals surface area (Å²) in [5.41, 5.74) is 0. The minimum absolute atomic E-state index is 0. The molecule has 0 amide bonds. The van der Waals surface area contributed by atoms with Crippen molar-refractivity contribution in [3.63, 3.8) is 0 Å². The van der Waals surface area contributed by atoms with E-state index in [1.165, 1.54) is 0 Å². The van der Waals surface area contributed by atoms with Gasteiger partial charge in [0.25, 0.3) is 10.1 Å². The summed E-state index contributed by atoms with van der Waals surface area (Å²) in [6.45, 7) is 5.30. The maximum atomic E-state index is 10.5. The van der Waals surface area contributed by atoms with Gasteiger partial charge in [-0.3, -0.25) is 4.55 Å². The first-order chi connectivity index (χ1) is 11.9. The van der Waals surface area contributed by atoms with Gasteiger partial charge in [-0.1, -0.05) is 30.3 Å². The summed E-state index contributed by atoms with van der Waals surface area (Å²) in [6.07, 6.45) is 0.853. The van der Waals surface area contributed by atoms with Crippen molar-refractivity contribution in [3.8, 4) is 5.75 Å². The van der Waals surface area contributed by atoms with E-state index in [9.17, 15) is 8.42 Å². The number of benzene rings is 2. The third-order valence-corrected chi connectivity index (χ3v) is 4.04. The van der Waals surface area contributed by atoms with Gasteiger partial charge in [-0.15, -0.1) is 0 Å². The molecule has 2 aliphatic rings. The Balaban J connectivity index is 0.000000349. The van der Waals surface area contributed by atoms with Crippen molar-refractivity contribution in [1.82, 2.24) is 0 Å². The molecule has 0 aromatic heterocycles. The third kappa shape index (κ3) is 12.4. The Morgan fingerprint density at radius 1 is 1.15 bits per heavy atom. The van der Waals surface area contributed by atoms with E-state index in [4.69, 9.17) is 14.0 Å². The van der Waals surface area contributed by atoms with Gasteiger partial charge < -0.3 is 14.2 Å². The standard InChI is InChI=1S/C13H14O4S.C3H6O.C2H4O.K/c14-18(15,16)9-3-8-17-13-7-6-11-4-1-2-5-12(11)10-13;1-3-2-4-3;1-2-3-1;/h1-2,4-7,10H,3,8-9H2,(H,14,15,16);3H,2H2,1H3;1-2H2;/q;;;+1. The van der Waals surface area contributed by atoms with E-state index in [0.717, 1.165) is 30.6 Å². The molecule has 2 fully saturated rings. The second-order valence-corrected chi connectivity index (χ2v) is 7.33. The van der Waals surface area contributed by atoms with Crippen LogP contribution in [0.4, 0.5) is 0 Å². The summed E-state index contributed by atoms with van der Waals surface area (Å²) < 4.78 is 44.2. The summed E-state index contributed by atoms with van der Waals surface area (Å²) in [7, 11) is -3.89. The van der Waals surface area contributed by atoms with E-state index in [1.807, 2.05) is 42.5 Å². The number of epoxide rings is 2. The van der Waals surface area contributed by atoms with E-state index < -0.39 is 10.1 Å². The number of hydrogen-bond donors (Lipinski definition) is 1. The molecule has 26 heavy (non-hydrogen) atoms. The fourth-order valence-corrected chi connectivity index (χ4v) is 2.27. The van der Waals surface area contributed by atoms with Gasteiger partial charge in [0.2, 0.25) is 0 Å². The molecule has 0 radical (unpaired) electrons. The molecule has 1 atom stereocenters. The molecule has 6 nitrogen and oxygen atoms in total. The van der Waals surface area contributed by atoms with Gasteiger partial charge in [-0.05, 0) is 36.2 Å². The molecule has 0 bridgehead atoms. The van der Waals surface area contributed by atoms with Crippen molar-refractivity contribution in [1.29, 1.82) is 0 Å². The van der Waals surface area contributed by atoms with E-state index in [0.29, 0.717) is 11.9 Å². The maximum Gasteiger partial charge on any atom is 1.00 e. The topological polar surface area (TPSA) is 88.7 Å². The number of rotatable bonds is 5. The summed E-state index contributed by atoms with van der Waals surface area (Å²) in [6, 6.07) is 13.6. The molecule has 138 valence electrons. The van der Waals surface area contributed by atoms with Crippen LogP contribution in [-0.4, -0.2) is 51.3 Å². The molecule has 8 heteroatoms. The zero-order chi connectivity index (χ0) is 18.1. The number of hydrogen-bond acceptors (Lipinski definition) is 5. The van der Waals surface area contributed by atoms with Gasteiger partial charge in [0.05, 0.1) is 38.3 Å². The normalized spacial score (nSPS) is 16.9. The molecule has 1 unspecified atom stereocenters. The molecular weight excluding hydrogens is 383 g/mol. The smallest absolute Gasteiger partial charge is 0.494 e. The van der Waals surface area contributed by atoms with Gasteiger partial charge in [-0.25, -0.2) is 0 Å². The number of fused-ring (bicyclic) bond motifs is 1. The van der Waals surface area contributed by atoms with Crippen molar-refractivity contribution in [3.05, 3.63) is 42.5 Å². The van der Waals surface area contributed by atoms with Crippen LogP contribution < -0.4 is 56.1 Å². The molecule has 0 saturated carbocycles. The average molecular weight is 408 g/mol. The Morgan fingerprint density at radius 3 is 2.23 bits per heavy atom.